The molecular formula is C33H51N5O2. The molecule has 1 aromatic rings. The Morgan fingerprint density at radius 3 is 2.17 bits per heavy atom. The lowest BCUT2D eigenvalue weighted by molar-refractivity contribution is -0.0725. The summed E-state index contributed by atoms with van der Waals surface area (Å²) in [6.07, 6.45) is 12.1. The number of benzene rings is 1. The summed E-state index contributed by atoms with van der Waals surface area (Å²) in [5.74, 6) is 0.737. The Morgan fingerprint density at radius 1 is 1.05 bits per heavy atom. The quantitative estimate of drug-likeness (QED) is 0.326. The Bertz CT molecular complexity index is 1080. The van der Waals surface area contributed by atoms with Gasteiger partial charge in [-0.1, -0.05) is 56.8 Å². The minimum atomic E-state index is -0.770. The van der Waals surface area contributed by atoms with Crippen LogP contribution in [0.2, 0.25) is 0 Å². The van der Waals surface area contributed by atoms with Gasteiger partial charge in [-0.3, -0.25) is 9.80 Å². The second kappa shape index (κ2) is 12.5. The lowest BCUT2D eigenvalue weighted by Gasteiger charge is -2.52. The summed E-state index contributed by atoms with van der Waals surface area (Å²) < 4.78 is 0. The van der Waals surface area contributed by atoms with Crippen molar-refractivity contribution in [2.24, 2.45) is 4.99 Å². The van der Waals surface area contributed by atoms with E-state index in [0.29, 0.717) is 13.1 Å². The Balaban J connectivity index is 1.60. The molecule has 1 aliphatic heterocycles. The van der Waals surface area contributed by atoms with Crippen molar-refractivity contribution in [3.8, 4) is 0 Å². The predicted molar refractivity (Wildman–Crippen MR) is 164 cm³/mol. The third-order valence-corrected chi connectivity index (χ3v) is 9.70. The van der Waals surface area contributed by atoms with E-state index in [0.717, 1.165) is 82.4 Å². The van der Waals surface area contributed by atoms with E-state index in [9.17, 15) is 9.90 Å². The molecule has 7 heteroatoms. The van der Waals surface area contributed by atoms with Crippen molar-refractivity contribution in [3.05, 3.63) is 60.1 Å². The first-order chi connectivity index (χ1) is 19.1. The summed E-state index contributed by atoms with van der Waals surface area (Å²) in [4.78, 5) is 27.4. The minimum Gasteiger partial charge on any atom is -0.388 e. The normalized spacial score (nSPS) is 26.7. The molecule has 1 heterocycles. The van der Waals surface area contributed by atoms with Gasteiger partial charge in [-0.05, 0) is 84.4 Å². The summed E-state index contributed by atoms with van der Waals surface area (Å²) >= 11 is 0. The average Bonchev–Trinajstić information content (AvgIpc) is 3.19. The molecule has 3 aliphatic rings. The van der Waals surface area contributed by atoms with Gasteiger partial charge >= 0.3 is 6.03 Å². The first kappa shape index (κ1) is 30.3. The molecule has 2 aliphatic carbocycles. The largest absolute Gasteiger partial charge is 0.388 e. The molecule has 0 aromatic heterocycles. The van der Waals surface area contributed by atoms with Crippen molar-refractivity contribution in [1.82, 2.24) is 19.6 Å². The van der Waals surface area contributed by atoms with Gasteiger partial charge in [0.05, 0.1) is 36.1 Å². The highest BCUT2D eigenvalue weighted by Crippen LogP contribution is 2.50. The number of allylic oxidation sites excluding steroid dienone is 2. The van der Waals surface area contributed by atoms with Gasteiger partial charge in [0.25, 0.3) is 0 Å². The third kappa shape index (κ3) is 5.87. The van der Waals surface area contributed by atoms with E-state index in [-0.39, 0.29) is 17.1 Å². The molecule has 1 spiro atoms. The fourth-order valence-corrected chi connectivity index (χ4v) is 7.00. The zero-order valence-electron chi connectivity index (χ0n) is 25.5. The predicted octanol–water partition coefficient (Wildman–Crippen LogP) is 5.98. The fourth-order valence-electron chi connectivity index (χ4n) is 7.00. The van der Waals surface area contributed by atoms with Crippen LogP contribution < -0.4 is 0 Å². The molecule has 0 radical (unpaired) electrons. The van der Waals surface area contributed by atoms with Crippen molar-refractivity contribution in [1.29, 1.82) is 0 Å². The standard InChI is InChI=1S/C33H51N5O2/c1-7-22-36(23-8-2)27(4)34-24-29(9-3)37-25-31(38(30(37)39)26-32(40)16-13-17-32)18-20-33(21-19-31,35(5)6)28-14-11-10-12-15-28/h9-12,14-15,24,40H,4,7-8,13,16-23,25-26H2,1-3,5-6H3/b29-9+,34-24?. The van der Waals surface area contributed by atoms with E-state index in [2.05, 4.69) is 74.7 Å². The maximum Gasteiger partial charge on any atom is 0.325 e. The maximum absolute atomic E-state index is 14.1. The van der Waals surface area contributed by atoms with Gasteiger partial charge in [0.2, 0.25) is 0 Å². The number of aliphatic hydroxyl groups is 1. The molecular weight excluding hydrogens is 498 g/mol. The van der Waals surface area contributed by atoms with E-state index < -0.39 is 5.60 Å². The van der Waals surface area contributed by atoms with Crippen molar-refractivity contribution in [2.45, 2.75) is 95.2 Å². The molecule has 0 atom stereocenters. The molecule has 0 unspecified atom stereocenters. The van der Waals surface area contributed by atoms with E-state index in [4.69, 9.17) is 4.99 Å². The lowest BCUT2D eigenvalue weighted by atomic mass is 9.67. The molecule has 220 valence electrons. The monoisotopic (exact) mass is 549 g/mol. The fraction of sp³-hybridized carbons (Fsp3) is 0.636. The zero-order chi connectivity index (χ0) is 29.0. The number of carbonyl (C=O) groups excluding carboxylic acids is 1. The van der Waals surface area contributed by atoms with E-state index in [1.165, 1.54) is 5.56 Å². The smallest absolute Gasteiger partial charge is 0.325 e. The molecule has 7 nitrogen and oxygen atoms in total. The van der Waals surface area contributed by atoms with Gasteiger partial charge in [-0.2, -0.15) is 0 Å². The zero-order valence-corrected chi connectivity index (χ0v) is 25.5. The number of hydrogen-bond acceptors (Lipinski definition) is 5. The number of hydrogen-bond donors (Lipinski definition) is 1. The van der Waals surface area contributed by atoms with Gasteiger partial charge in [0, 0.05) is 18.6 Å². The topological polar surface area (TPSA) is 62.6 Å². The third-order valence-electron chi connectivity index (χ3n) is 9.70. The second-order valence-corrected chi connectivity index (χ2v) is 12.4. The van der Waals surface area contributed by atoms with Crippen LogP contribution in [-0.2, 0) is 5.54 Å². The highest BCUT2D eigenvalue weighted by atomic mass is 16.3. The molecule has 0 bridgehead atoms. The van der Waals surface area contributed by atoms with E-state index >= 15 is 0 Å². The molecule has 1 aromatic carbocycles. The average molecular weight is 550 g/mol. The maximum atomic E-state index is 14.1. The minimum absolute atomic E-state index is 0.0125. The number of amides is 2. The van der Waals surface area contributed by atoms with Gasteiger partial charge in [-0.25, -0.2) is 9.79 Å². The summed E-state index contributed by atoms with van der Waals surface area (Å²) in [6.45, 7) is 13.4. The summed E-state index contributed by atoms with van der Waals surface area (Å²) in [7, 11) is 4.35. The van der Waals surface area contributed by atoms with Crippen LogP contribution in [-0.4, -0.2) is 88.4 Å². The Kier molecular flexibility index (Phi) is 9.46. The lowest BCUT2D eigenvalue weighted by Crippen LogP contribution is -2.59. The Hall–Kier alpha value is -2.64. The van der Waals surface area contributed by atoms with Gasteiger partial charge in [-0.15, -0.1) is 0 Å². The van der Waals surface area contributed by atoms with Crippen LogP contribution in [0.1, 0.15) is 84.1 Å². The van der Waals surface area contributed by atoms with Crippen LogP contribution in [0.25, 0.3) is 0 Å². The summed E-state index contributed by atoms with van der Waals surface area (Å²) in [5.41, 5.74) is 0.990. The van der Waals surface area contributed by atoms with Crippen LogP contribution in [0.15, 0.2) is 59.5 Å². The van der Waals surface area contributed by atoms with E-state index in [1.807, 2.05) is 29.0 Å². The number of urea groups is 1. The molecule has 4 rings (SSSR count). The number of rotatable bonds is 12. The highest BCUT2D eigenvalue weighted by Gasteiger charge is 2.56. The summed E-state index contributed by atoms with van der Waals surface area (Å²) in [6, 6.07) is 10.8. The molecule has 3 fully saturated rings. The van der Waals surface area contributed by atoms with Crippen molar-refractivity contribution in [3.63, 3.8) is 0 Å². The Morgan fingerprint density at radius 2 is 1.68 bits per heavy atom. The number of carbonyl (C=O) groups is 1. The Labute approximate surface area is 242 Å². The van der Waals surface area contributed by atoms with Crippen LogP contribution in [0.3, 0.4) is 0 Å². The van der Waals surface area contributed by atoms with Gasteiger partial charge in [0.15, 0.2) is 0 Å². The van der Waals surface area contributed by atoms with Crippen molar-refractivity contribution in [2.75, 3.05) is 40.3 Å². The van der Waals surface area contributed by atoms with Crippen LogP contribution >= 0.6 is 0 Å². The summed E-state index contributed by atoms with van der Waals surface area (Å²) in [5, 5.41) is 11.2. The number of nitrogens with zero attached hydrogens (tertiary/aromatic N) is 5. The first-order valence-electron chi connectivity index (χ1n) is 15.3. The molecule has 2 saturated carbocycles. The number of aliphatic imine (C=N–C) groups is 1. The molecule has 1 saturated heterocycles. The van der Waals surface area contributed by atoms with Crippen LogP contribution in [0.4, 0.5) is 4.79 Å². The van der Waals surface area contributed by atoms with Gasteiger partial charge < -0.3 is 14.9 Å². The van der Waals surface area contributed by atoms with Crippen molar-refractivity contribution >= 4 is 12.2 Å². The number of β-amino-alcohol motifs (C(OH)–C–C–N with tert-alkyl or cyclic N) is 1. The van der Waals surface area contributed by atoms with Crippen LogP contribution in [0.5, 0.6) is 0 Å². The van der Waals surface area contributed by atoms with Gasteiger partial charge in [0.1, 0.15) is 5.82 Å². The molecule has 40 heavy (non-hydrogen) atoms. The molecule has 2 amide bonds. The van der Waals surface area contributed by atoms with E-state index in [1.54, 1.807) is 0 Å². The van der Waals surface area contributed by atoms with Crippen LogP contribution in [0, 0.1) is 0 Å². The first-order valence-corrected chi connectivity index (χ1v) is 15.3. The molecule has 1 N–H and O–H groups in total. The highest BCUT2D eigenvalue weighted by molar-refractivity contribution is 5.89. The SMILES string of the molecule is C=C(N=C/C(=C\C)N1CC2(CCC(c3ccccc3)(N(C)C)CC2)N(CC2(O)CCC2)C1=O)N(CCC)CCC. The van der Waals surface area contributed by atoms with Crippen molar-refractivity contribution < 1.29 is 9.90 Å². The second-order valence-electron chi connectivity index (χ2n) is 12.4.